The zero-order chi connectivity index (χ0) is 24.7. The van der Waals surface area contributed by atoms with Crippen molar-refractivity contribution in [3.8, 4) is 24.7 Å². The van der Waals surface area contributed by atoms with Crippen molar-refractivity contribution in [3.63, 3.8) is 0 Å². The third kappa shape index (κ3) is 5.82. The molecule has 2 bridgehead atoms. The van der Waals surface area contributed by atoms with Crippen LogP contribution in [-0.4, -0.2) is 65.4 Å². The minimum atomic E-state index is -0.0236. The molecular weight excluding hydrogens is 418 g/mol. The van der Waals surface area contributed by atoms with Crippen LogP contribution in [0, 0.1) is 31.6 Å². The molecule has 0 aliphatic carbocycles. The van der Waals surface area contributed by atoms with Crippen molar-refractivity contribution >= 4 is 5.91 Å². The summed E-state index contributed by atoms with van der Waals surface area (Å²) in [6.07, 6.45) is 19.2. The van der Waals surface area contributed by atoms with E-state index in [0.717, 1.165) is 25.1 Å². The van der Waals surface area contributed by atoms with Crippen molar-refractivity contribution in [2.45, 2.75) is 65.1 Å². The van der Waals surface area contributed by atoms with Crippen molar-refractivity contribution in [2.24, 2.45) is 0 Å². The van der Waals surface area contributed by atoms with E-state index in [-0.39, 0.29) is 11.9 Å². The Morgan fingerprint density at radius 3 is 2.56 bits per heavy atom. The summed E-state index contributed by atoms with van der Waals surface area (Å²) >= 11 is 0. The predicted molar refractivity (Wildman–Crippen MR) is 141 cm³/mol. The molecule has 2 aliphatic rings. The standard InChI is InChI=1S/C30H39N3O/c1-7-19-33-27-16-17-28(33)22-32(20-18-27)29(26-13-11-12-23(5)21-26)25(8-2)15-14-24(6)30(34)31(9-3)10-4/h1-2,11-15,21,27-29H,9-10,16-20,22H2,3-6H3/b24-14+,25-15+. The van der Waals surface area contributed by atoms with Gasteiger partial charge >= 0.3 is 0 Å². The summed E-state index contributed by atoms with van der Waals surface area (Å²) in [7, 11) is 0. The van der Waals surface area contributed by atoms with Crippen LogP contribution in [0.1, 0.15) is 57.2 Å². The highest BCUT2D eigenvalue weighted by atomic mass is 16.2. The zero-order valence-corrected chi connectivity index (χ0v) is 21.3. The van der Waals surface area contributed by atoms with E-state index in [1.807, 2.05) is 37.8 Å². The molecule has 0 N–H and O–H groups in total. The van der Waals surface area contributed by atoms with Gasteiger partial charge in [0, 0.05) is 49.4 Å². The van der Waals surface area contributed by atoms with Gasteiger partial charge in [-0.1, -0.05) is 47.7 Å². The number of hydrogen-bond acceptors (Lipinski definition) is 3. The molecule has 4 nitrogen and oxygen atoms in total. The third-order valence-corrected chi connectivity index (χ3v) is 7.32. The first-order valence-corrected chi connectivity index (χ1v) is 12.6. The first-order chi connectivity index (χ1) is 16.4. The molecule has 1 amide bonds. The summed E-state index contributed by atoms with van der Waals surface area (Å²) < 4.78 is 0. The molecule has 2 saturated heterocycles. The van der Waals surface area contributed by atoms with E-state index >= 15 is 0 Å². The smallest absolute Gasteiger partial charge is 0.249 e. The third-order valence-electron chi connectivity index (χ3n) is 7.32. The highest BCUT2D eigenvalue weighted by Gasteiger charge is 2.39. The zero-order valence-electron chi connectivity index (χ0n) is 21.3. The van der Waals surface area contributed by atoms with Gasteiger partial charge in [-0.2, -0.15) is 0 Å². The first-order valence-electron chi connectivity index (χ1n) is 12.6. The van der Waals surface area contributed by atoms with Crippen LogP contribution in [0.4, 0.5) is 0 Å². The molecule has 2 aliphatic heterocycles. The van der Waals surface area contributed by atoms with Crippen molar-refractivity contribution in [1.29, 1.82) is 0 Å². The largest absolute Gasteiger partial charge is 0.339 e. The average molecular weight is 458 g/mol. The van der Waals surface area contributed by atoms with Gasteiger partial charge in [-0.05, 0) is 58.6 Å². The van der Waals surface area contributed by atoms with Crippen LogP contribution in [0.15, 0.2) is 47.6 Å². The van der Waals surface area contributed by atoms with Gasteiger partial charge in [0.2, 0.25) is 5.91 Å². The highest BCUT2D eigenvalue weighted by molar-refractivity contribution is 5.93. The number of terminal acetylenes is 2. The van der Waals surface area contributed by atoms with E-state index in [9.17, 15) is 4.79 Å². The molecule has 1 aromatic carbocycles. The van der Waals surface area contributed by atoms with Gasteiger partial charge in [0.05, 0.1) is 12.6 Å². The number of benzene rings is 1. The van der Waals surface area contributed by atoms with Crippen LogP contribution in [0.5, 0.6) is 0 Å². The molecule has 180 valence electrons. The molecule has 3 rings (SSSR count). The number of rotatable bonds is 8. The van der Waals surface area contributed by atoms with Crippen LogP contribution in [-0.2, 0) is 4.79 Å². The fraction of sp³-hybridized carbons (Fsp3) is 0.500. The molecule has 4 heteroatoms. The minimum absolute atomic E-state index is 0.0236. The fourth-order valence-corrected chi connectivity index (χ4v) is 5.49. The molecule has 3 unspecified atom stereocenters. The summed E-state index contributed by atoms with van der Waals surface area (Å²) in [5.74, 6) is 5.90. The lowest BCUT2D eigenvalue weighted by molar-refractivity contribution is -0.126. The Balaban J connectivity index is 1.97. The Morgan fingerprint density at radius 1 is 1.18 bits per heavy atom. The predicted octanol–water partition coefficient (Wildman–Crippen LogP) is 4.58. The number of aryl methyl sites for hydroxylation is 1. The number of likely N-dealkylation sites (N-methyl/N-ethyl adjacent to an activating group) is 1. The molecule has 2 heterocycles. The summed E-state index contributed by atoms with van der Waals surface area (Å²) in [5, 5.41) is 0. The van der Waals surface area contributed by atoms with Gasteiger partial charge < -0.3 is 4.90 Å². The monoisotopic (exact) mass is 457 g/mol. The van der Waals surface area contributed by atoms with E-state index in [0.29, 0.717) is 37.3 Å². The van der Waals surface area contributed by atoms with Crippen LogP contribution >= 0.6 is 0 Å². The van der Waals surface area contributed by atoms with Gasteiger partial charge in [0.15, 0.2) is 0 Å². The fourth-order valence-electron chi connectivity index (χ4n) is 5.49. The molecule has 2 fully saturated rings. The minimum Gasteiger partial charge on any atom is -0.339 e. The van der Waals surface area contributed by atoms with Crippen molar-refractivity contribution in [2.75, 3.05) is 32.7 Å². The molecule has 34 heavy (non-hydrogen) atoms. The number of fused-ring (bicyclic) bond motifs is 2. The Hall–Kier alpha value is -2.79. The molecule has 1 aromatic rings. The van der Waals surface area contributed by atoms with Crippen molar-refractivity contribution in [1.82, 2.24) is 14.7 Å². The first kappa shape index (κ1) is 25.8. The van der Waals surface area contributed by atoms with E-state index in [1.54, 1.807) is 0 Å². The van der Waals surface area contributed by atoms with Gasteiger partial charge in [0.25, 0.3) is 0 Å². The average Bonchev–Trinajstić information content (AvgIpc) is 3.11. The Morgan fingerprint density at radius 2 is 1.91 bits per heavy atom. The SMILES string of the molecule is C#CCN1C2CCC1CN(C(/C(C#C)=C/C=C(\C)C(=O)N(CC)CC)c1cccc(C)c1)CC2. The maximum atomic E-state index is 12.8. The Kier molecular flexibility index (Phi) is 9.17. The molecule has 0 spiro atoms. The quantitative estimate of drug-likeness (QED) is 0.325. The van der Waals surface area contributed by atoms with Crippen molar-refractivity contribution in [3.05, 3.63) is 58.7 Å². The maximum absolute atomic E-state index is 12.8. The normalized spacial score (nSPS) is 22.5. The number of amides is 1. The number of hydrogen-bond donors (Lipinski definition) is 0. The van der Waals surface area contributed by atoms with Gasteiger partial charge in [-0.25, -0.2) is 0 Å². The topological polar surface area (TPSA) is 26.8 Å². The van der Waals surface area contributed by atoms with E-state index in [1.165, 1.54) is 24.0 Å². The number of allylic oxidation sites excluding steroid dienone is 2. The lowest BCUT2D eigenvalue weighted by Gasteiger charge is -2.34. The second kappa shape index (κ2) is 12.1. The van der Waals surface area contributed by atoms with Gasteiger partial charge in [-0.15, -0.1) is 12.8 Å². The summed E-state index contributed by atoms with van der Waals surface area (Å²) in [6.45, 7) is 12.0. The highest BCUT2D eigenvalue weighted by Crippen LogP contribution is 2.36. The second-order valence-corrected chi connectivity index (χ2v) is 9.46. The van der Waals surface area contributed by atoms with Crippen LogP contribution in [0.2, 0.25) is 0 Å². The maximum Gasteiger partial charge on any atom is 0.249 e. The number of carbonyl (C=O) groups excluding carboxylic acids is 1. The van der Waals surface area contributed by atoms with E-state index in [4.69, 9.17) is 12.8 Å². The lowest BCUT2D eigenvalue weighted by Crippen LogP contribution is -2.40. The summed E-state index contributed by atoms with van der Waals surface area (Å²) in [5.41, 5.74) is 4.01. The summed E-state index contributed by atoms with van der Waals surface area (Å²) in [6, 6.07) is 9.60. The lowest BCUT2D eigenvalue weighted by atomic mass is 9.93. The molecule has 0 saturated carbocycles. The van der Waals surface area contributed by atoms with E-state index in [2.05, 4.69) is 52.8 Å². The van der Waals surface area contributed by atoms with Crippen LogP contribution < -0.4 is 0 Å². The number of carbonyl (C=O) groups is 1. The molecule has 0 radical (unpaired) electrons. The van der Waals surface area contributed by atoms with Crippen LogP contribution in [0.25, 0.3) is 0 Å². The summed E-state index contributed by atoms with van der Waals surface area (Å²) in [4.78, 5) is 19.6. The molecule has 0 aromatic heterocycles. The van der Waals surface area contributed by atoms with Gasteiger partial charge in [0.1, 0.15) is 0 Å². The van der Waals surface area contributed by atoms with Crippen LogP contribution in [0.3, 0.4) is 0 Å². The Labute approximate surface area is 206 Å². The second-order valence-electron chi connectivity index (χ2n) is 9.46. The molecule has 3 atom stereocenters. The number of nitrogens with zero attached hydrogens (tertiary/aromatic N) is 3. The van der Waals surface area contributed by atoms with Crippen molar-refractivity contribution < 1.29 is 4.79 Å². The number of likely N-dealkylation sites (tertiary alicyclic amines) is 1. The Bertz CT molecular complexity index is 1000. The van der Waals surface area contributed by atoms with E-state index < -0.39 is 0 Å². The van der Waals surface area contributed by atoms with Gasteiger partial charge in [-0.3, -0.25) is 14.6 Å². The molecular formula is C30H39N3O.